The SMILES string of the molecule is CN1CCc2nc(C(=O)N[C@@H]3C[C@@H](n4cccc4)CC[C@@H]3NC(=O)C(N)=O)sc2C1.Cl. The van der Waals surface area contributed by atoms with Gasteiger partial charge in [-0.1, -0.05) is 0 Å². The van der Waals surface area contributed by atoms with E-state index in [1.807, 2.05) is 24.5 Å². The first-order valence-corrected chi connectivity index (χ1v) is 10.9. The van der Waals surface area contributed by atoms with E-state index in [1.54, 1.807) is 0 Å². The Hall–Kier alpha value is -2.43. The van der Waals surface area contributed by atoms with Gasteiger partial charge in [-0.25, -0.2) is 4.98 Å². The number of fused-ring (bicyclic) bond motifs is 1. The molecule has 1 fully saturated rings. The number of thiazole rings is 1. The van der Waals surface area contributed by atoms with Crippen LogP contribution in [0.2, 0.25) is 0 Å². The number of primary amides is 1. The fourth-order valence-corrected chi connectivity index (χ4v) is 5.32. The van der Waals surface area contributed by atoms with Crippen molar-refractivity contribution in [3.63, 3.8) is 0 Å². The number of rotatable bonds is 4. The van der Waals surface area contributed by atoms with Crippen LogP contribution in [0.4, 0.5) is 0 Å². The normalized spacial score (nSPS) is 23.3. The Bertz CT molecular complexity index is 947. The van der Waals surface area contributed by atoms with Gasteiger partial charge in [-0.15, -0.1) is 23.7 Å². The number of nitrogens with zero attached hydrogens (tertiary/aromatic N) is 3. The summed E-state index contributed by atoms with van der Waals surface area (Å²) >= 11 is 1.42. The summed E-state index contributed by atoms with van der Waals surface area (Å²) in [4.78, 5) is 44.0. The number of hydrogen-bond donors (Lipinski definition) is 3. The van der Waals surface area contributed by atoms with Crippen molar-refractivity contribution in [2.45, 2.75) is 50.4 Å². The lowest BCUT2D eigenvalue weighted by molar-refractivity contribution is -0.138. The van der Waals surface area contributed by atoms with Crippen LogP contribution in [0.25, 0.3) is 0 Å². The first kappa shape index (κ1) is 23.2. The van der Waals surface area contributed by atoms with Crippen molar-refractivity contribution in [2.75, 3.05) is 13.6 Å². The number of carbonyl (C=O) groups excluding carboxylic acids is 3. The van der Waals surface area contributed by atoms with Crippen molar-refractivity contribution in [3.8, 4) is 0 Å². The van der Waals surface area contributed by atoms with Gasteiger partial charge in [-0.3, -0.25) is 14.4 Å². The van der Waals surface area contributed by atoms with Crippen LogP contribution in [-0.2, 0) is 22.6 Å². The molecule has 4 rings (SSSR count). The first-order chi connectivity index (χ1) is 14.4. The molecular formula is C20H27ClN6O3S. The van der Waals surface area contributed by atoms with Gasteiger partial charge in [0.2, 0.25) is 0 Å². The molecule has 4 N–H and O–H groups in total. The van der Waals surface area contributed by atoms with E-state index in [1.165, 1.54) is 11.3 Å². The van der Waals surface area contributed by atoms with Gasteiger partial charge in [-0.05, 0) is 38.4 Å². The zero-order valence-corrected chi connectivity index (χ0v) is 18.9. The molecule has 3 atom stereocenters. The average Bonchev–Trinajstić information content (AvgIpc) is 3.38. The Labute approximate surface area is 190 Å². The van der Waals surface area contributed by atoms with Crippen LogP contribution in [0.5, 0.6) is 0 Å². The molecule has 1 saturated carbocycles. The Balaban J connectivity index is 0.00000272. The highest BCUT2D eigenvalue weighted by Gasteiger charge is 2.34. The van der Waals surface area contributed by atoms with E-state index in [-0.39, 0.29) is 36.4 Å². The van der Waals surface area contributed by atoms with E-state index in [4.69, 9.17) is 5.73 Å². The molecule has 0 saturated heterocycles. The summed E-state index contributed by atoms with van der Waals surface area (Å²) in [6, 6.07) is 3.44. The van der Waals surface area contributed by atoms with Crippen LogP contribution in [0, 0.1) is 0 Å². The number of hydrogen-bond acceptors (Lipinski definition) is 6. The Kier molecular flexibility index (Phi) is 7.34. The number of amides is 3. The zero-order valence-electron chi connectivity index (χ0n) is 17.2. The Morgan fingerprint density at radius 1 is 1.16 bits per heavy atom. The predicted molar refractivity (Wildman–Crippen MR) is 119 cm³/mol. The maximum absolute atomic E-state index is 13.0. The van der Waals surface area contributed by atoms with Gasteiger partial charge in [-0.2, -0.15) is 0 Å². The Morgan fingerprint density at radius 3 is 2.61 bits per heavy atom. The molecule has 9 nitrogen and oxygen atoms in total. The minimum absolute atomic E-state index is 0. The monoisotopic (exact) mass is 466 g/mol. The third-order valence-electron chi connectivity index (χ3n) is 5.84. The van der Waals surface area contributed by atoms with E-state index < -0.39 is 11.8 Å². The summed E-state index contributed by atoms with van der Waals surface area (Å²) in [7, 11) is 2.05. The minimum Gasteiger partial charge on any atom is -0.361 e. The highest BCUT2D eigenvalue weighted by molar-refractivity contribution is 7.13. The molecule has 3 amide bonds. The molecule has 2 aromatic rings. The summed E-state index contributed by atoms with van der Waals surface area (Å²) < 4.78 is 2.11. The summed E-state index contributed by atoms with van der Waals surface area (Å²) in [5.41, 5.74) is 6.10. The third kappa shape index (κ3) is 5.25. The summed E-state index contributed by atoms with van der Waals surface area (Å²) in [6.45, 7) is 1.73. The van der Waals surface area contributed by atoms with Crippen molar-refractivity contribution < 1.29 is 14.4 Å². The number of halogens is 1. The van der Waals surface area contributed by atoms with Crippen LogP contribution < -0.4 is 16.4 Å². The van der Waals surface area contributed by atoms with E-state index >= 15 is 0 Å². The molecule has 0 radical (unpaired) electrons. The quantitative estimate of drug-likeness (QED) is 0.576. The molecule has 2 aromatic heterocycles. The fraction of sp³-hybridized carbons (Fsp3) is 0.500. The highest BCUT2D eigenvalue weighted by atomic mass is 35.5. The topological polar surface area (TPSA) is 122 Å². The standard InChI is InChI=1S/C20H26N6O3S.ClH/c1-25-9-6-14-16(11-25)30-20(24-14)19(29)23-15-10-12(26-7-2-3-8-26)4-5-13(15)22-18(28)17(21)27;/h2-3,7-8,12-13,15H,4-6,9-11H2,1H3,(H2,21,27)(H,22,28)(H,23,29);1H/t12-,13-,15+;/m0./s1. The van der Waals surface area contributed by atoms with Gasteiger partial charge >= 0.3 is 11.8 Å². The molecule has 168 valence electrons. The summed E-state index contributed by atoms with van der Waals surface area (Å²) in [5, 5.41) is 6.18. The summed E-state index contributed by atoms with van der Waals surface area (Å²) in [6.07, 6.45) is 6.92. The van der Waals surface area contributed by atoms with Crippen molar-refractivity contribution in [1.82, 2.24) is 25.1 Å². The molecule has 0 aromatic carbocycles. The zero-order chi connectivity index (χ0) is 21.3. The average molecular weight is 467 g/mol. The number of carbonyl (C=O) groups is 3. The molecule has 1 aliphatic heterocycles. The largest absolute Gasteiger partial charge is 0.361 e. The highest BCUT2D eigenvalue weighted by Crippen LogP contribution is 2.30. The van der Waals surface area contributed by atoms with Crippen LogP contribution >= 0.6 is 23.7 Å². The first-order valence-electron chi connectivity index (χ1n) is 10.1. The maximum Gasteiger partial charge on any atom is 0.309 e. The molecule has 0 bridgehead atoms. The maximum atomic E-state index is 13.0. The van der Waals surface area contributed by atoms with E-state index in [9.17, 15) is 14.4 Å². The van der Waals surface area contributed by atoms with Gasteiger partial charge in [0.15, 0.2) is 5.01 Å². The minimum atomic E-state index is -1.02. The van der Waals surface area contributed by atoms with Crippen molar-refractivity contribution in [1.29, 1.82) is 0 Å². The van der Waals surface area contributed by atoms with E-state index in [0.29, 0.717) is 17.8 Å². The van der Waals surface area contributed by atoms with Crippen molar-refractivity contribution in [3.05, 3.63) is 40.1 Å². The number of nitrogens with two attached hydrogens (primary N) is 1. The third-order valence-corrected chi connectivity index (χ3v) is 6.93. The van der Waals surface area contributed by atoms with Crippen molar-refractivity contribution in [2.24, 2.45) is 5.73 Å². The van der Waals surface area contributed by atoms with Crippen LogP contribution in [0.1, 0.15) is 45.7 Å². The lowest BCUT2D eigenvalue weighted by Gasteiger charge is -2.37. The number of nitrogens with one attached hydrogen (secondary N) is 2. The van der Waals surface area contributed by atoms with E-state index in [2.05, 4.69) is 32.1 Å². The van der Waals surface area contributed by atoms with Gasteiger partial charge < -0.3 is 25.8 Å². The van der Waals surface area contributed by atoms with Crippen molar-refractivity contribution >= 4 is 41.5 Å². The molecule has 31 heavy (non-hydrogen) atoms. The van der Waals surface area contributed by atoms with Crippen LogP contribution in [0.15, 0.2) is 24.5 Å². The molecule has 2 aliphatic rings. The smallest absolute Gasteiger partial charge is 0.309 e. The lowest BCUT2D eigenvalue weighted by Crippen LogP contribution is -2.56. The number of aromatic nitrogens is 2. The second-order valence-electron chi connectivity index (χ2n) is 8.00. The Morgan fingerprint density at radius 2 is 1.90 bits per heavy atom. The molecular weight excluding hydrogens is 440 g/mol. The van der Waals surface area contributed by atoms with Crippen LogP contribution in [0.3, 0.4) is 0 Å². The predicted octanol–water partition coefficient (Wildman–Crippen LogP) is 0.848. The molecule has 0 unspecified atom stereocenters. The second kappa shape index (κ2) is 9.80. The lowest BCUT2D eigenvalue weighted by atomic mass is 9.86. The summed E-state index contributed by atoms with van der Waals surface area (Å²) in [5.74, 6) is -2.09. The fourth-order valence-electron chi connectivity index (χ4n) is 4.23. The molecule has 0 spiro atoms. The van der Waals surface area contributed by atoms with Gasteiger partial charge in [0.1, 0.15) is 0 Å². The van der Waals surface area contributed by atoms with Gasteiger partial charge in [0, 0.05) is 48.9 Å². The second-order valence-corrected chi connectivity index (χ2v) is 9.08. The molecule has 11 heteroatoms. The van der Waals surface area contributed by atoms with Crippen LogP contribution in [-0.4, -0.2) is 57.8 Å². The van der Waals surface area contributed by atoms with Gasteiger partial charge in [0.25, 0.3) is 5.91 Å². The van der Waals surface area contributed by atoms with E-state index in [0.717, 1.165) is 36.5 Å². The number of likely N-dealkylation sites (N-methyl/N-ethyl adjacent to an activating group) is 1. The molecule has 1 aliphatic carbocycles. The van der Waals surface area contributed by atoms with Gasteiger partial charge in [0.05, 0.1) is 11.7 Å². The molecule has 3 heterocycles.